The predicted molar refractivity (Wildman–Crippen MR) is 83.1 cm³/mol. The summed E-state index contributed by atoms with van der Waals surface area (Å²) in [6.07, 6.45) is 0. The number of carbonyl (C=O) groups is 1. The molecule has 4 nitrogen and oxygen atoms in total. The zero-order valence-corrected chi connectivity index (χ0v) is 14.6. The number of thiophene rings is 1. The zero-order valence-electron chi connectivity index (χ0n) is 9.86. The number of hydrogen-bond donors (Lipinski definition) is 1. The van der Waals surface area contributed by atoms with Crippen LogP contribution in [0.1, 0.15) is 10.4 Å². The van der Waals surface area contributed by atoms with E-state index in [1.807, 2.05) is 4.72 Å². The van der Waals surface area contributed by atoms with E-state index in [1.54, 1.807) is 0 Å². The van der Waals surface area contributed by atoms with E-state index in [0.717, 1.165) is 23.5 Å². The number of amides is 1. The molecule has 0 aliphatic heterocycles. The largest absolute Gasteiger partial charge is 0.273 e. The maximum atomic E-state index is 13.4. The highest BCUT2D eigenvalue weighted by Crippen LogP contribution is 2.27. The number of nitrogens with one attached hydrogen (secondary N) is 1. The van der Waals surface area contributed by atoms with Crippen molar-refractivity contribution < 1.29 is 17.6 Å². The third-order valence-corrected chi connectivity index (χ3v) is 6.34. The highest BCUT2D eigenvalue weighted by atomic mass is 79.9. The SMILES string of the molecule is O=C(NS(=O)(=O)c1ccc(Br)s1)c1cc(F)c(Cl)cc1Cl. The van der Waals surface area contributed by atoms with Gasteiger partial charge in [-0.1, -0.05) is 23.2 Å². The van der Waals surface area contributed by atoms with E-state index in [0.29, 0.717) is 3.79 Å². The Hall–Kier alpha value is -0.670. The molecule has 2 aromatic rings. The number of sulfonamides is 1. The summed E-state index contributed by atoms with van der Waals surface area (Å²) in [7, 11) is -4.05. The number of rotatable bonds is 3. The van der Waals surface area contributed by atoms with Gasteiger partial charge in [0.15, 0.2) is 0 Å². The fourth-order valence-electron chi connectivity index (χ4n) is 1.37. The van der Waals surface area contributed by atoms with Gasteiger partial charge in [0.2, 0.25) is 0 Å². The topological polar surface area (TPSA) is 63.2 Å². The fourth-order valence-corrected chi connectivity index (χ4v) is 4.81. The molecule has 1 amide bonds. The zero-order chi connectivity index (χ0) is 15.8. The van der Waals surface area contributed by atoms with Crippen molar-refractivity contribution in [2.75, 3.05) is 0 Å². The molecule has 1 aromatic heterocycles. The normalized spacial score (nSPS) is 11.4. The molecule has 0 saturated carbocycles. The van der Waals surface area contributed by atoms with Crippen molar-refractivity contribution in [3.63, 3.8) is 0 Å². The molecule has 0 fully saturated rings. The summed E-state index contributed by atoms with van der Waals surface area (Å²) >= 11 is 15.3. The Bertz CT molecular complexity index is 823. The van der Waals surface area contributed by atoms with Gasteiger partial charge in [0.05, 0.1) is 19.4 Å². The number of halogens is 4. The summed E-state index contributed by atoms with van der Waals surface area (Å²) in [5.41, 5.74) is -0.322. The Balaban J connectivity index is 2.32. The lowest BCUT2D eigenvalue weighted by Crippen LogP contribution is -2.30. The lowest BCUT2D eigenvalue weighted by molar-refractivity contribution is 0.0981. The molecule has 0 spiro atoms. The first-order valence-corrected chi connectivity index (χ1v) is 9.02. The van der Waals surface area contributed by atoms with Crippen molar-refractivity contribution in [2.24, 2.45) is 0 Å². The third-order valence-electron chi connectivity index (χ3n) is 2.30. The van der Waals surface area contributed by atoms with E-state index < -0.39 is 21.7 Å². The molecule has 0 unspecified atom stereocenters. The first kappa shape index (κ1) is 16.7. The van der Waals surface area contributed by atoms with E-state index >= 15 is 0 Å². The summed E-state index contributed by atoms with van der Waals surface area (Å²) in [4.78, 5) is 11.9. The summed E-state index contributed by atoms with van der Waals surface area (Å²) in [6.45, 7) is 0. The first-order valence-electron chi connectivity index (χ1n) is 5.18. The van der Waals surface area contributed by atoms with Gasteiger partial charge in [-0.3, -0.25) is 4.79 Å². The van der Waals surface area contributed by atoms with E-state index in [-0.39, 0.29) is 19.8 Å². The fraction of sp³-hybridized carbons (Fsp3) is 0. The Labute approximate surface area is 142 Å². The second-order valence-corrected chi connectivity index (χ2v) is 8.93. The molecule has 0 atom stereocenters. The van der Waals surface area contributed by atoms with Crippen LogP contribution in [0.2, 0.25) is 10.0 Å². The molecule has 21 heavy (non-hydrogen) atoms. The summed E-state index contributed by atoms with van der Waals surface area (Å²) in [5.74, 6) is -1.91. The first-order chi connectivity index (χ1) is 9.70. The molecule has 112 valence electrons. The number of carbonyl (C=O) groups excluding carboxylic acids is 1. The van der Waals surface area contributed by atoms with E-state index in [4.69, 9.17) is 23.2 Å². The van der Waals surface area contributed by atoms with Crippen LogP contribution >= 0.6 is 50.5 Å². The lowest BCUT2D eigenvalue weighted by Gasteiger charge is -2.07. The van der Waals surface area contributed by atoms with Crippen molar-refractivity contribution in [2.45, 2.75) is 4.21 Å². The van der Waals surface area contributed by atoms with Crippen molar-refractivity contribution in [3.8, 4) is 0 Å². The van der Waals surface area contributed by atoms with Gasteiger partial charge < -0.3 is 0 Å². The standard InChI is InChI=1S/C11H5BrCl2FNO3S2/c12-9-1-2-10(20-9)21(18,19)16-11(17)5-3-8(15)7(14)4-6(5)13/h1-4H,(H,16,17). The van der Waals surface area contributed by atoms with Crippen LogP contribution in [0.3, 0.4) is 0 Å². The highest BCUT2D eigenvalue weighted by molar-refractivity contribution is 9.11. The summed E-state index contributed by atoms with van der Waals surface area (Å²) in [6, 6.07) is 4.66. The maximum absolute atomic E-state index is 13.4. The van der Waals surface area contributed by atoms with Gasteiger partial charge in [0.1, 0.15) is 10.0 Å². The van der Waals surface area contributed by atoms with Gasteiger partial charge in [-0.15, -0.1) is 11.3 Å². The van der Waals surface area contributed by atoms with Crippen LogP contribution in [0.25, 0.3) is 0 Å². The van der Waals surface area contributed by atoms with Crippen LogP contribution in [0, 0.1) is 5.82 Å². The van der Waals surface area contributed by atoms with Crippen LogP contribution in [0.15, 0.2) is 32.3 Å². The average molecular weight is 433 g/mol. The van der Waals surface area contributed by atoms with E-state index in [9.17, 15) is 17.6 Å². The van der Waals surface area contributed by atoms with Crippen LogP contribution < -0.4 is 4.72 Å². The molecule has 0 saturated heterocycles. The molecule has 0 aliphatic carbocycles. The monoisotopic (exact) mass is 431 g/mol. The average Bonchev–Trinajstić information content (AvgIpc) is 2.80. The van der Waals surface area contributed by atoms with Crippen molar-refractivity contribution in [3.05, 3.63) is 49.5 Å². The second kappa shape index (κ2) is 6.21. The minimum atomic E-state index is -4.05. The van der Waals surface area contributed by atoms with Gasteiger partial charge >= 0.3 is 0 Å². The molecule has 0 bridgehead atoms. The number of benzene rings is 1. The second-order valence-electron chi connectivity index (χ2n) is 3.74. The molecule has 0 aliphatic rings. The van der Waals surface area contributed by atoms with Crippen LogP contribution in [0.5, 0.6) is 0 Å². The molecule has 0 radical (unpaired) electrons. The van der Waals surface area contributed by atoms with Crippen LogP contribution in [0.4, 0.5) is 4.39 Å². The molecule has 10 heteroatoms. The Morgan fingerprint density at radius 1 is 1.24 bits per heavy atom. The molecular formula is C11H5BrCl2FNO3S2. The Morgan fingerprint density at radius 2 is 1.90 bits per heavy atom. The van der Waals surface area contributed by atoms with Gasteiger partial charge in [0, 0.05) is 0 Å². The predicted octanol–water partition coefficient (Wildman–Crippen LogP) is 4.08. The van der Waals surface area contributed by atoms with Crippen LogP contribution in [-0.2, 0) is 10.0 Å². The van der Waals surface area contributed by atoms with Gasteiger partial charge in [-0.05, 0) is 40.2 Å². The summed E-state index contributed by atoms with van der Waals surface area (Å²) < 4.78 is 39.7. The maximum Gasteiger partial charge on any atom is 0.273 e. The van der Waals surface area contributed by atoms with Crippen molar-refractivity contribution in [1.29, 1.82) is 0 Å². The van der Waals surface area contributed by atoms with Crippen molar-refractivity contribution >= 4 is 66.4 Å². The minimum Gasteiger partial charge on any atom is -0.268 e. The number of hydrogen-bond acceptors (Lipinski definition) is 4. The Morgan fingerprint density at radius 3 is 2.48 bits per heavy atom. The van der Waals surface area contributed by atoms with Gasteiger partial charge in [-0.2, -0.15) is 0 Å². The van der Waals surface area contributed by atoms with Crippen LogP contribution in [-0.4, -0.2) is 14.3 Å². The lowest BCUT2D eigenvalue weighted by atomic mass is 10.2. The molecule has 1 N–H and O–H groups in total. The molecular weight excluding hydrogens is 428 g/mol. The van der Waals surface area contributed by atoms with Gasteiger partial charge in [-0.25, -0.2) is 17.5 Å². The smallest absolute Gasteiger partial charge is 0.268 e. The minimum absolute atomic E-state index is 0.0618. The molecule has 1 heterocycles. The highest BCUT2D eigenvalue weighted by Gasteiger charge is 2.23. The van der Waals surface area contributed by atoms with E-state index in [1.165, 1.54) is 12.1 Å². The van der Waals surface area contributed by atoms with Crippen molar-refractivity contribution in [1.82, 2.24) is 4.72 Å². The quantitative estimate of drug-likeness (QED) is 0.743. The van der Waals surface area contributed by atoms with E-state index in [2.05, 4.69) is 15.9 Å². The molecule has 1 aromatic carbocycles. The van der Waals surface area contributed by atoms with Gasteiger partial charge in [0.25, 0.3) is 15.9 Å². The third kappa shape index (κ3) is 3.75. The Kier molecular flexibility index (Phi) is 4.94. The molecule has 2 rings (SSSR count). The summed E-state index contributed by atoms with van der Waals surface area (Å²) in [5, 5.41) is -0.414.